The van der Waals surface area contributed by atoms with E-state index in [0.29, 0.717) is 5.13 Å². The second-order valence-electron chi connectivity index (χ2n) is 5.88. The van der Waals surface area contributed by atoms with Crippen molar-refractivity contribution < 1.29 is 4.79 Å². The Balaban J connectivity index is 2.00. The Hall–Kier alpha value is -2.47. The summed E-state index contributed by atoms with van der Waals surface area (Å²) in [6.45, 7) is 7.50. The van der Waals surface area contributed by atoms with Crippen LogP contribution < -0.4 is 10.9 Å². The van der Waals surface area contributed by atoms with Crippen LogP contribution in [-0.4, -0.2) is 15.5 Å². The number of hydrogen-bond acceptors (Lipinski definition) is 4. The highest BCUT2D eigenvalue weighted by atomic mass is 32.1. The number of carbonyl (C=O) groups excluding carboxylic acids is 1. The first-order valence-corrected chi connectivity index (χ1v) is 8.56. The van der Waals surface area contributed by atoms with Crippen LogP contribution in [-0.2, 0) is 4.79 Å². The molecule has 3 rings (SSSR count). The first-order chi connectivity index (χ1) is 11.4. The van der Waals surface area contributed by atoms with E-state index < -0.39 is 6.04 Å². The Labute approximate surface area is 144 Å². The molecule has 124 valence electrons. The Morgan fingerprint density at radius 1 is 1.25 bits per heavy atom. The van der Waals surface area contributed by atoms with Gasteiger partial charge in [0.05, 0.1) is 11.2 Å². The summed E-state index contributed by atoms with van der Waals surface area (Å²) in [6, 6.07) is 8.56. The molecule has 0 aliphatic carbocycles. The molecule has 1 N–H and O–H groups in total. The monoisotopic (exact) mass is 341 g/mol. The van der Waals surface area contributed by atoms with Crippen molar-refractivity contribution in [2.24, 2.45) is 0 Å². The Morgan fingerprint density at radius 2 is 1.96 bits per heavy atom. The molecule has 0 bridgehead atoms. The van der Waals surface area contributed by atoms with Crippen LogP contribution in [0.4, 0.5) is 5.13 Å². The topological polar surface area (TPSA) is 64.0 Å². The smallest absolute Gasteiger partial charge is 0.252 e. The van der Waals surface area contributed by atoms with E-state index >= 15 is 0 Å². The molecule has 1 atom stereocenters. The van der Waals surface area contributed by atoms with Gasteiger partial charge >= 0.3 is 0 Å². The van der Waals surface area contributed by atoms with Crippen LogP contribution in [0.1, 0.15) is 29.1 Å². The lowest BCUT2D eigenvalue weighted by Crippen LogP contribution is -2.31. The van der Waals surface area contributed by atoms with E-state index in [1.165, 1.54) is 15.9 Å². The largest absolute Gasteiger partial charge is 0.300 e. The molecule has 0 spiro atoms. The second-order valence-corrected chi connectivity index (χ2v) is 7.08. The highest BCUT2D eigenvalue weighted by Crippen LogP contribution is 2.23. The van der Waals surface area contributed by atoms with E-state index in [1.807, 2.05) is 45.0 Å². The van der Waals surface area contributed by atoms with Gasteiger partial charge in [0.1, 0.15) is 6.04 Å². The Morgan fingerprint density at radius 3 is 2.62 bits per heavy atom. The quantitative estimate of drug-likeness (QED) is 0.792. The summed E-state index contributed by atoms with van der Waals surface area (Å²) in [5, 5.41) is 4.35. The number of fused-ring (bicyclic) bond motifs is 1. The predicted octanol–water partition coefficient (Wildman–Crippen LogP) is 3.58. The van der Waals surface area contributed by atoms with Gasteiger partial charge in [-0.05, 0) is 39.3 Å². The first kappa shape index (κ1) is 16.4. The van der Waals surface area contributed by atoms with Crippen LogP contribution in [0.15, 0.2) is 35.1 Å². The number of thiazole rings is 1. The summed E-state index contributed by atoms with van der Waals surface area (Å²) in [4.78, 5) is 30.5. The van der Waals surface area contributed by atoms with Gasteiger partial charge in [0, 0.05) is 16.3 Å². The summed E-state index contributed by atoms with van der Waals surface area (Å²) in [6.07, 6.45) is 0. The van der Waals surface area contributed by atoms with Gasteiger partial charge in [0.15, 0.2) is 5.13 Å². The second kappa shape index (κ2) is 6.20. The number of nitrogens with one attached hydrogen (secondary N) is 1. The third-order valence-electron chi connectivity index (χ3n) is 4.19. The zero-order chi connectivity index (χ0) is 17.4. The first-order valence-electron chi connectivity index (χ1n) is 7.74. The average molecular weight is 341 g/mol. The number of benzene rings is 1. The molecule has 3 aromatic rings. The van der Waals surface area contributed by atoms with E-state index in [9.17, 15) is 9.59 Å². The van der Waals surface area contributed by atoms with Crippen molar-refractivity contribution in [1.82, 2.24) is 9.55 Å². The van der Waals surface area contributed by atoms with Crippen LogP contribution in [0.5, 0.6) is 0 Å². The van der Waals surface area contributed by atoms with Gasteiger partial charge in [-0.15, -0.1) is 11.3 Å². The molecule has 6 heteroatoms. The van der Waals surface area contributed by atoms with Gasteiger partial charge in [0.25, 0.3) is 5.56 Å². The molecular formula is C18H19N3O2S. The van der Waals surface area contributed by atoms with Crippen molar-refractivity contribution in [3.63, 3.8) is 0 Å². The van der Waals surface area contributed by atoms with Crippen LogP contribution >= 0.6 is 11.3 Å². The zero-order valence-electron chi connectivity index (χ0n) is 14.1. The molecule has 1 aromatic carbocycles. The summed E-state index contributed by atoms with van der Waals surface area (Å²) < 4.78 is 1.53. The zero-order valence-corrected chi connectivity index (χ0v) is 14.9. The molecule has 24 heavy (non-hydrogen) atoms. The van der Waals surface area contributed by atoms with Crippen LogP contribution in [0.25, 0.3) is 10.9 Å². The summed E-state index contributed by atoms with van der Waals surface area (Å²) in [5.74, 6) is -0.250. The number of para-hydroxylation sites is 1. The lowest BCUT2D eigenvalue weighted by atomic mass is 10.1. The fourth-order valence-corrected chi connectivity index (χ4v) is 3.54. The molecule has 0 saturated heterocycles. The van der Waals surface area contributed by atoms with Crippen LogP contribution in [0.3, 0.4) is 0 Å². The standard InChI is InChI=1S/C18H19N3O2S/c1-10-9-16(22)21(15-8-6-5-7-14(10)15)12(3)17(23)20-18-19-11(2)13(4)24-18/h5-9,12H,1-4H3,(H,19,20,23). The van der Waals surface area contributed by atoms with Crippen molar-refractivity contribution in [2.45, 2.75) is 33.7 Å². The summed E-state index contributed by atoms with van der Waals surface area (Å²) in [7, 11) is 0. The maximum absolute atomic E-state index is 12.6. The molecule has 2 aromatic heterocycles. The SMILES string of the molecule is Cc1nc(NC(=O)C(C)n2c(=O)cc(C)c3ccccc32)sc1C. The number of anilines is 1. The van der Waals surface area contributed by atoms with E-state index in [0.717, 1.165) is 27.0 Å². The van der Waals surface area contributed by atoms with Crippen LogP contribution in [0, 0.1) is 20.8 Å². The molecule has 0 saturated carbocycles. The fourth-order valence-electron chi connectivity index (χ4n) is 2.72. The maximum Gasteiger partial charge on any atom is 0.252 e. The van der Waals surface area contributed by atoms with Crippen molar-refractivity contribution >= 4 is 33.3 Å². The normalized spacial score (nSPS) is 12.3. The number of amides is 1. The number of pyridine rings is 1. The summed E-state index contributed by atoms with van der Waals surface area (Å²) >= 11 is 1.44. The lowest BCUT2D eigenvalue weighted by Gasteiger charge is -2.18. The van der Waals surface area contributed by atoms with Gasteiger partial charge in [-0.1, -0.05) is 18.2 Å². The highest BCUT2D eigenvalue weighted by Gasteiger charge is 2.20. The van der Waals surface area contributed by atoms with E-state index in [1.54, 1.807) is 13.0 Å². The van der Waals surface area contributed by atoms with Crippen molar-refractivity contribution in [3.05, 3.63) is 56.8 Å². The van der Waals surface area contributed by atoms with Gasteiger partial charge in [-0.25, -0.2) is 4.98 Å². The van der Waals surface area contributed by atoms with E-state index in [4.69, 9.17) is 0 Å². The molecule has 0 fully saturated rings. The molecule has 1 amide bonds. The average Bonchev–Trinajstić information content (AvgIpc) is 2.85. The van der Waals surface area contributed by atoms with Crippen molar-refractivity contribution in [2.75, 3.05) is 5.32 Å². The molecule has 2 heterocycles. The number of carbonyl (C=O) groups is 1. The lowest BCUT2D eigenvalue weighted by molar-refractivity contribution is -0.118. The summed E-state index contributed by atoms with van der Waals surface area (Å²) in [5.41, 5.74) is 2.39. The molecular weight excluding hydrogens is 322 g/mol. The molecule has 0 aliphatic rings. The third kappa shape index (κ3) is 2.85. The van der Waals surface area contributed by atoms with Gasteiger partial charge in [-0.2, -0.15) is 0 Å². The van der Waals surface area contributed by atoms with Gasteiger partial charge < -0.3 is 5.32 Å². The van der Waals surface area contributed by atoms with Crippen molar-refractivity contribution in [1.29, 1.82) is 0 Å². The van der Waals surface area contributed by atoms with E-state index in [-0.39, 0.29) is 11.5 Å². The number of aryl methyl sites for hydroxylation is 3. The van der Waals surface area contributed by atoms with E-state index in [2.05, 4.69) is 10.3 Å². The van der Waals surface area contributed by atoms with Gasteiger partial charge in [0.2, 0.25) is 5.91 Å². The Kier molecular flexibility index (Phi) is 4.24. The predicted molar refractivity (Wildman–Crippen MR) is 97.9 cm³/mol. The number of hydrogen-bond donors (Lipinski definition) is 1. The fraction of sp³-hybridized carbons (Fsp3) is 0.278. The van der Waals surface area contributed by atoms with Crippen LogP contribution in [0.2, 0.25) is 0 Å². The minimum Gasteiger partial charge on any atom is -0.300 e. The minimum absolute atomic E-state index is 0.180. The Bertz CT molecular complexity index is 968. The molecule has 1 unspecified atom stereocenters. The molecule has 5 nitrogen and oxygen atoms in total. The minimum atomic E-state index is -0.632. The maximum atomic E-state index is 12.6. The molecule has 0 radical (unpaired) electrons. The number of aromatic nitrogens is 2. The molecule has 0 aliphatic heterocycles. The van der Waals surface area contributed by atoms with Crippen molar-refractivity contribution in [3.8, 4) is 0 Å². The third-order valence-corrected chi connectivity index (χ3v) is 5.18. The number of rotatable bonds is 3. The van der Waals surface area contributed by atoms with Gasteiger partial charge in [-0.3, -0.25) is 14.2 Å². The highest BCUT2D eigenvalue weighted by molar-refractivity contribution is 7.15. The number of nitrogens with zero attached hydrogens (tertiary/aromatic N) is 2.